The minimum atomic E-state index is -4.71. The predicted molar refractivity (Wildman–Crippen MR) is 164 cm³/mol. The topological polar surface area (TPSA) is 101 Å². The van der Waals surface area contributed by atoms with Crippen LogP contribution >= 0.6 is 11.6 Å². The van der Waals surface area contributed by atoms with Gasteiger partial charge in [-0.05, 0) is 74.7 Å². The average molecular weight is 667 g/mol. The molecule has 2 atom stereocenters. The highest BCUT2D eigenvalue weighted by atomic mass is 35.5. The summed E-state index contributed by atoms with van der Waals surface area (Å²) in [5.41, 5.74) is 3.70. The molecule has 14 heteroatoms. The van der Waals surface area contributed by atoms with Gasteiger partial charge in [0.05, 0.1) is 35.2 Å². The zero-order valence-electron chi connectivity index (χ0n) is 25.3. The second-order valence-corrected chi connectivity index (χ2v) is 12.7. The molecule has 2 unspecified atom stereocenters. The highest BCUT2D eigenvalue weighted by Crippen LogP contribution is 2.49. The maximum absolute atomic E-state index is 13.0. The maximum atomic E-state index is 13.0. The van der Waals surface area contributed by atoms with E-state index in [1.807, 2.05) is 31.2 Å². The molecule has 5 aromatic rings. The Labute approximate surface area is 272 Å². The lowest BCUT2D eigenvalue weighted by molar-refractivity contribution is -0.159. The lowest BCUT2D eigenvalue weighted by Crippen LogP contribution is -2.35. The standard InChI is InChI=1S/C33H30ClF3N6O4/c1-32(27-8-6-21(34)16-38-27)45-26-4-2-3-23(29(26)46-32)19-9-12-42(13-10-19)18-28-39-24-15-20(30-40-31(47-41-30)33(35,36)37)5-7-25(24)43(28)17-22-11-14-44-22/h2-8,15-16,19,22H,9-14,17-18H2,1H3. The van der Waals surface area contributed by atoms with Gasteiger partial charge in [-0.1, -0.05) is 28.9 Å². The molecule has 3 aliphatic rings. The molecule has 10 nitrogen and oxygen atoms in total. The second kappa shape index (κ2) is 11.5. The Hall–Kier alpha value is -4.20. The minimum Gasteiger partial charge on any atom is -0.443 e. The molecule has 0 bridgehead atoms. The molecule has 3 aliphatic heterocycles. The Bertz CT molecular complexity index is 1940. The summed E-state index contributed by atoms with van der Waals surface area (Å²) in [6.45, 7) is 5.57. The van der Waals surface area contributed by atoms with Crippen LogP contribution in [0.25, 0.3) is 22.4 Å². The number of aromatic nitrogens is 5. The van der Waals surface area contributed by atoms with Crippen molar-refractivity contribution in [3.05, 3.63) is 82.7 Å². The number of fused-ring (bicyclic) bond motifs is 2. The number of pyridine rings is 1. The van der Waals surface area contributed by atoms with E-state index in [-0.39, 0.29) is 17.8 Å². The third-order valence-corrected chi connectivity index (χ3v) is 9.35. The molecule has 2 fully saturated rings. The number of hydrogen-bond donors (Lipinski definition) is 0. The molecule has 3 aromatic heterocycles. The molecule has 0 radical (unpaired) electrons. The Balaban J connectivity index is 0.996. The van der Waals surface area contributed by atoms with Crippen LogP contribution in [0, 0.1) is 0 Å². The maximum Gasteiger partial charge on any atom is 0.471 e. The van der Waals surface area contributed by atoms with E-state index in [1.165, 1.54) is 0 Å². The molecule has 2 saturated heterocycles. The van der Waals surface area contributed by atoms with Crippen molar-refractivity contribution in [1.29, 1.82) is 0 Å². The Morgan fingerprint density at radius 3 is 2.55 bits per heavy atom. The summed E-state index contributed by atoms with van der Waals surface area (Å²) in [4.78, 5) is 15.3. The lowest BCUT2D eigenvalue weighted by Gasteiger charge is -2.33. The van der Waals surface area contributed by atoms with E-state index < -0.39 is 17.9 Å². The van der Waals surface area contributed by atoms with Crippen LogP contribution in [0.1, 0.15) is 55.1 Å². The van der Waals surface area contributed by atoms with Crippen molar-refractivity contribution in [3.63, 3.8) is 0 Å². The average Bonchev–Trinajstić information content (AvgIpc) is 3.75. The summed E-state index contributed by atoms with van der Waals surface area (Å²) >= 11 is 6.05. The van der Waals surface area contributed by atoms with Crippen molar-refractivity contribution in [2.24, 2.45) is 0 Å². The quantitative estimate of drug-likeness (QED) is 0.182. The third kappa shape index (κ3) is 5.70. The van der Waals surface area contributed by atoms with Crippen molar-refractivity contribution in [1.82, 2.24) is 29.6 Å². The highest BCUT2D eigenvalue weighted by molar-refractivity contribution is 6.30. The number of para-hydroxylation sites is 1. The van der Waals surface area contributed by atoms with Crippen molar-refractivity contribution in [2.45, 2.75) is 63.3 Å². The van der Waals surface area contributed by atoms with E-state index in [1.54, 1.807) is 24.4 Å². The fourth-order valence-corrected chi connectivity index (χ4v) is 6.66. The third-order valence-electron chi connectivity index (χ3n) is 9.13. The molecule has 6 heterocycles. The van der Waals surface area contributed by atoms with Gasteiger partial charge in [-0.3, -0.25) is 9.88 Å². The van der Waals surface area contributed by atoms with Crippen LogP contribution in [0.5, 0.6) is 11.5 Å². The lowest BCUT2D eigenvalue weighted by atomic mass is 9.88. The zero-order valence-corrected chi connectivity index (χ0v) is 26.1. The van der Waals surface area contributed by atoms with Crippen LogP contribution in [0.2, 0.25) is 5.02 Å². The molecule has 244 valence electrons. The molecular weight excluding hydrogens is 637 g/mol. The van der Waals surface area contributed by atoms with E-state index in [0.717, 1.165) is 61.6 Å². The first-order valence-corrected chi connectivity index (χ1v) is 15.9. The SMILES string of the molecule is CC1(c2ccc(Cl)cn2)Oc2cccc(C3CCN(Cc4nc5cc(-c6noc(C(F)(F)F)n6)ccc5n4CC4CCO4)CC3)c2O1. The fraction of sp³-hybridized carbons (Fsp3) is 0.394. The molecule has 2 aromatic carbocycles. The Morgan fingerprint density at radius 2 is 1.85 bits per heavy atom. The largest absolute Gasteiger partial charge is 0.471 e. The molecule has 0 spiro atoms. The van der Waals surface area contributed by atoms with Crippen molar-refractivity contribution in [2.75, 3.05) is 19.7 Å². The highest BCUT2D eigenvalue weighted by Gasteiger charge is 2.42. The van der Waals surface area contributed by atoms with Gasteiger partial charge in [0.2, 0.25) is 5.82 Å². The van der Waals surface area contributed by atoms with Crippen LogP contribution in [0.15, 0.2) is 59.3 Å². The van der Waals surface area contributed by atoms with Crippen LogP contribution in [-0.4, -0.2) is 55.4 Å². The number of hydrogen-bond acceptors (Lipinski definition) is 9. The normalized spacial score (nSPS) is 21.8. The van der Waals surface area contributed by atoms with E-state index in [0.29, 0.717) is 40.6 Å². The predicted octanol–water partition coefficient (Wildman–Crippen LogP) is 6.97. The van der Waals surface area contributed by atoms with Crippen molar-refractivity contribution >= 4 is 22.6 Å². The van der Waals surface area contributed by atoms with Gasteiger partial charge in [-0.15, -0.1) is 0 Å². The summed E-state index contributed by atoms with van der Waals surface area (Å²) in [5.74, 6) is 0.0586. The number of alkyl halides is 3. The van der Waals surface area contributed by atoms with Gasteiger partial charge in [0.25, 0.3) is 5.79 Å². The Kier molecular flexibility index (Phi) is 7.38. The molecule has 0 aliphatic carbocycles. The Morgan fingerprint density at radius 1 is 1.02 bits per heavy atom. The number of ether oxygens (including phenoxy) is 3. The molecule has 8 rings (SSSR count). The molecule has 0 saturated carbocycles. The van der Waals surface area contributed by atoms with Crippen LogP contribution in [0.4, 0.5) is 13.2 Å². The van der Waals surface area contributed by atoms with Gasteiger partial charge in [-0.25, -0.2) is 4.98 Å². The second-order valence-electron chi connectivity index (χ2n) is 12.3. The van der Waals surface area contributed by atoms with Gasteiger partial charge < -0.3 is 23.3 Å². The van der Waals surface area contributed by atoms with E-state index in [2.05, 4.69) is 35.2 Å². The van der Waals surface area contributed by atoms with Crippen molar-refractivity contribution < 1.29 is 31.9 Å². The molecule has 0 N–H and O–H groups in total. The summed E-state index contributed by atoms with van der Waals surface area (Å²) in [7, 11) is 0. The van der Waals surface area contributed by atoms with Crippen molar-refractivity contribution in [3.8, 4) is 22.9 Å². The summed E-state index contributed by atoms with van der Waals surface area (Å²) in [6, 6.07) is 14.9. The van der Waals surface area contributed by atoms with Gasteiger partial charge in [-0.2, -0.15) is 18.2 Å². The molecule has 0 amide bonds. The first-order chi connectivity index (χ1) is 22.6. The molecular formula is C33H30ClF3N6O4. The smallest absolute Gasteiger partial charge is 0.443 e. The monoisotopic (exact) mass is 666 g/mol. The number of benzene rings is 2. The van der Waals surface area contributed by atoms with Gasteiger partial charge in [0.15, 0.2) is 11.5 Å². The number of halogens is 4. The van der Waals surface area contributed by atoms with Gasteiger partial charge >= 0.3 is 12.1 Å². The van der Waals surface area contributed by atoms with Gasteiger partial charge in [0.1, 0.15) is 11.5 Å². The fourth-order valence-electron chi connectivity index (χ4n) is 6.55. The van der Waals surface area contributed by atoms with Crippen LogP contribution < -0.4 is 9.47 Å². The van der Waals surface area contributed by atoms with Crippen LogP contribution in [0.3, 0.4) is 0 Å². The summed E-state index contributed by atoms with van der Waals surface area (Å²) < 4.78 is 64.2. The number of nitrogens with zero attached hydrogens (tertiary/aromatic N) is 6. The number of rotatable bonds is 7. The van der Waals surface area contributed by atoms with E-state index in [4.69, 9.17) is 30.8 Å². The van der Waals surface area contributed by atoms with Gasteiger partial charge in [0, 0.05) is 30.9 Å². The van der Waals surface area contributed by atoms with E-state index >= 15 is 0 Å². The number of piperidine rings is 1. The zero-order chi connectivity index (χ0) is 32.3. The number of likely N-dealkylation sites (tertiary alicyclic amines) is 1. The summed E-state index contributed by atoms with van der Waals surface area (Å²) in [5, 5.41) is 4.08. The van der Waals surface area contributed by atoms with Crippen LogP contribution in [-0.2, 0) is 29.8 Å². The number of imidazole rings is 1. The van der Waals surface area contributed by atoms with E-state index in [9.17, 15) is 13.2 Å². The minimum absolute atomic E-state index is 0.0965. The molecule has 47 heavy (non-hydrogen) atoms. The first kappa shape index (κ1) is 30.2. The first-order valence-electron chi connectivity index (χ1n) is 15.5. The summed E-state index contributed by atoms with van der Waals surface area (Å²) in [6.07, 6.45) is -0.221.